The van der Waals surface area contributed by atoms with Gasteiger partial charge in [-0.2, -0.15) is 10.2 Å². The third kappa shape index (κ3) is 2.24. The van der Waals surface area contributed by atoms with Crippen molar-refractivity contribution in [1.82, 2.24) is 24.9 Å². The molecular formula is C14H17N5. The molecular weight excluding hydrogens is 238 g/mol. The molecule has 0 aliphatic heterocycles. The third-order valence-corrected chi connectivity index (χ3v) is 3.21. The summed E-state index contributed by atoms with van der Waals surface area (Å²) in [6, 6.07) is 8.27. The summed E-state index contributed by atoms with van der Waals surface area (Å²) in [5.41, 5.74) is 3.39. The van der Waals surface area contributed by atoms with Gasteiger partial charge in [-0.3, -0.25) is 9.36 Å². The van der Waals surface area contributed by atoms with Crippen molar-refractivity contribution in [2.24, 2.45) is 7.05 Å². The van der Waals surface area contributed by atoms with E-state index >= 15 is 0 Å². The monoisotopic (exact) mass is 255 g/mol. The fourth-order valence-electron chi connectivity index (χ4n) is 2.35. The predicted octanol–water partition coefficient (Wildman–Crippen LogP) is 1.54. The van der Waals surface area contributed by atoms with Crippen LogP contribution in [-0.4, -0.2) is 26.6 Å². The van der Waals surface area contributed by atoms with Gasteiger partial charge in [0, 0.05) is 30.7 Å². The van der Waals surface area contributed by atoms with Crippen LogP contribution in [0.5, 0.6) is 0 Å². The summed E-state index contributed by atoms with van der Waals surface area (Å²) < 4.78 is 3.85. The van der Waals surface area contributed by atoms with Crippen LogP contribution in [0.15, 0.2) is 36.7 Å². The van der Waals surface area contributed by atoms with Crippen molar-refractivity contribution in [3.05, 3.63) is 47.9 Å². The van der Waals surface area contributed by atoms with E-state index in [0.717, 1.165) is 17.8 Å². The van der Waals surface area contributed by atoms with Crippen molar-refractivity contribution in [3.63, 3.8) is 0 Å². The second-order valence-corrected chi connectivity index (χ2v) is 4.66. The quantitative estimate of drug-likeness (QED) is 0.769. The Morgan fingerprint density at radius 3 is 2.95 bits per heavy atom. The second kappa shape index (κ2) is 4.85. The number of fused-ring (bicyclic) bond motifs is 1. The number of rotatable bonds is 4. The molecule has 0 atom stereocenters. The van der Waals surface area contributed by atoms with Gasteiger partial charge < -0.3 is 5.32 Å². The Kier molecular flexibility index (Phi) is 3.05. The molecule has 5 nitrogen and oxygen atoms in total. The lowest BCUT2D eigenvalue weighted by molar-refractivity contribution is 0.654. The molecule has 0 spiro atoms. The molecule has 98 valence electrons. The van der Waals surface area contributed by atoms with E-state index in [1.165, 1.54) is 10.9 Å². The lowest BCUT2D eigenvalue weighted by atomic mass is 10.2. The lowest BCUT2D eigenvalue weighted by Gasteiger charge is -1.98. The molecule has 5 heteroatoms. The summed E-state index contributed by atoms with van der Waals surface area (Å²) in [5.74, 6) is 0. The maximum atomic E-state index is 4.58. The van der Waals surface area contributed by atoms with E-state index < -0.39 is 0 Å². The van der Waals surface area contributed by atoms with Gasteiger partial charge in [-0.25, -0.2) is 0 Å². The summed E-state index contributed by atoms with van der Waals surface area (Å²) in [6.45, 7) is 1.54. The molecule has 0 saturated carbocycles. The molecule has 3 aromatic rings. The molecule has 2 heterocycles. The Balaban J connectivity index is 1.92. The van der Waals surface area contributed by atoms with Crippen LogP contribution < -0.4 is 5.32 Å². The highest BCUT2D eigenvalue weighted by Crippen LogP contribution is 2.18. The molecule has 19 heavy (non-hydrogen) atoms. The van der Waals surface area contributed by atoms with Crippen molar-refractivity contribution in [1.29, 1.82) is 0 Å². The van der Waals surface area contributed by atoms with Crippen LogP contribution in [0.4, 0.5) is 0 Å². The van der Waals surface area contributed by atoms with Gasteiger partial charge in [0.15, 0.2) is 0 Å². The highest BCUT2D eigenvalue weighted by Gasteiger charge is 2.08. The maximum absolute atomic E-state index is 4.58. The predicted molar refractivity (Wildman–Crippen MR) is 74.8 cm³/mol. The largest absolute Gasteiger partial charge is 0.316 e. The van der Waals surface area contributed by atoms with E-state index in [1.54, 1.807) is 0 Å². The van der Waals surface area contributed by atoms with E-state index in [4.69, 9.17) is 0 Å². The van der Waals surface area contributed by atoms with Gasteiger partial charge in [-0.15, -0.1) is 0 Å². The molecule has 0 fully saturated rings. The molecule has 1 N–H and O–H groups in total. The SMILES string of the molecule is CNCc1cnn(Cc2nn(C)c3ccccc23)c1. The first-order chi connectivity index (χ1) is 9.28. The molecule has 0 unspecified atom stereocenters. The number of benzene rings is 1. The van der Waals surface area contributed by atoms with Gasteiger partial charge in [0.05, 0.1) is 24.0 Å². The molecule has 3 rings (SSSR count). The van der Waals surface area contributed by atoms with Crippen LogP contribution >= 0.6 is 0 Å². The summed E-state index contributed by atoms with van der Waals surface area (Å²) in [7, 11) is 3.91. The Morgan fingerprint density at radius 2 is 2.11 bits per heavy atom. The van der Waals surface area contributed by atoms with E-state index in [2.05, 4.69) is 33.8 Å². The molecule has 0 aliphatic rings. The average molecular weight is 255 g/mol. The first-order valence-corrected chi connectivity index (χ1v) is 6.34. The molecule has 0 radical (unpaired) electrons. The second-order valence-electron chi connectivity index (χ2n) is 4.66. The van der Waals surface area contributed by atoms with Crippen molar-refractivity contribution < 1.29 is 0 Å². The minimum absolute atomic E-state index is 0.699. The van der Waals surface area contributed by atoms with Crippen LogP contribution in [0, 0.1) is 0 Å². The van der Waals surface area contributed by atoms with Gasteiger partial charge in [-0.05, 0) is 13.1 Å². The zero-order chi connectivity index (χ0) is 13.2. The zero-order valence-electron chi connectivity index (χ0n) is 11.2. The molecule has 1 aromatic carbocycles. The Hall–Kier alpha value is -2.14. The van der Waals surface area contributed by atoms with Crippen LogP contribution in [0.25, 0.3) is 10.9 Å². The Labute approximate surface area is 111 Å². The highest BCUT2D eigenvalue weighted by molar-refractivity contribution is 5.81. The first kappa shape index (κ1) is 11.9. The summed E-state index contributed by atoms with van der Waals surface area (Å²) in [6.07, 6.45) is 3.95. The Bertz CT molecular complexity index is 695. The Morgan fingerprint density at radius 1 is 1.26 bits per heavy atom. The number of aromatic nitrogens is 4. The first-order valence-electron chi connectivity index (χ1n) is 6.34. The molecule has 2 aromatic heterocycles. The fraction of sp³-hybridized carbons (Fsp3) is 0.286. The van der Waals surface area contributed by atoms with Crippen molar-refractivity contribution in [2.45, 2.75) is 13.1 Å². The standard InChI is InChI=1S/C14H17N5/c1-15-7-11-8-16-19(9-11)10-13-12-5-3-4-6-14(12)18(2)17-13/h3-6,8-9,15H,7,10H2,1-2H3. The minimum Gasteiger partial charge on any atom is -0.316 e. The van der Waals surface area contributed by atoms with Gasteiger partial charge in [0.25, 0.3) is 0 Å². The van der Waals surface area contributed by atoms with E-state index in [1.807, 2.05) is 41.8 Å². The minimum atomic E-state index is 0.699. The van der Waals surface area contributed by atoms with E-state index in [-0.39, 0.29) is 0 Å². The number of para-hydroxylation sites is 1. The number of hydrogen-bond donors (Lipinski definition) is 1. The number of aryl methyl sites for hydroxylation is 1. The fourth-order valence-corrected chi connectivity index (χ4v) is 2.35. The summed E-state index contributed by atoms with van der Waals surface area (Å²) >= 11 is 0. The van der Waals surface area contributed by atoms with Crippen LogP contribution in [0.1, 0.15) is 11.3 Å². The van der Waals surface area contributed by atoms with Gasteiger partial charge >= 0.3 is 0 Å². The lowest BCUT2D eigenvalue weighted by Crippen LogP contribution is -2.04. The van der Waals surface area contributed by atoms with Crippen molar-refractivity contribution >= 4 is 10.9 Å². The highest BCUT2D eigenvalue weighted by atomic mass is 15.3. The smallest absolute Gasteiger partial charge is 0.0918 e. The number of nitrogens with zero attached hydrogens (tertiary/aromatic N) is 4. The van der Waals surface area contributed by atoms with Crippen molar-refractivity contribution in [3.8, 4) is 0 Å². The van der Waals surface area contributed by atoms with Crippen LogP contribution in [0.3, 0.4) is 0 Å². The zero-order valence-corrected chi connectivity index (χ0v) is 11.2. The summed E-state index contributed by atoms with van der Waals surface area (Å²) in [5, 5.41) is 13.3. The summed E-state index contributed by atoms with van der Waals surface area (Å²) in [4.78, 5) is 0. The molecule has 0 aliphatic carbocycles. The topological polar surface area (TPSA) is 47.7 Å². The van der Waals surface area contributed by atoms with E-state index in [0.29, 0.717) is 6.54 Å². The van der Waals surface area contributed by atoms with E-state index in [9.17, 15) is 0 Å². The van der Waals surface area contributed by atoms with Gasteiger partial charge in [0.1, 0.15) is 0 Å². The maximum Gasteiger partial charge on any atom is 0.0918 e. The van der Waals surface area contributed by atoms with Crippen molar-refractivity contribution in [2.75, 3.05) is 7.05 Å². The van der Waals surface area contributed by atoms with Crippen LogP contribution in [0.2, 0.25) is 0 Å². The van der Waals surface area contributed by atoms with Gasteiger partial charge in [0.2, 0.25) is 0 Å². The third-order valence-electron chi connectivity index (χ3n) is 3.21. The van der Waals surface area contributed by atoms with Gasteiger partial charge in [-0.1, -0.05) is 18.2 Å². The molecule has 0 saturated heterocycles. The number of nitrogens with one attached hydrogen (secondary N) is 1. The average Bonchev–Trinajstić information content (AvgIpc) is 2.97. The normalized spacial score (nSPS) is 11.3. The number of hydrogen-bond acceptors (Lipinski definition) is 3. The molecule has 0 amide bonds. The molecule has 0 bridgehead atoms. The van der Waals surface area contributed by atoms with Crippen LogP contribution in [-0.2, 0) is 20.1 Å².